The molecule has 0 aliphatic carbocycles. The number of benzene rings is 1. The lowest BCUT2D eigenvalue weighted by atomic mass is 10.1. The van der Waals surface area contributed by atoms with Gasteiger partial charge in [-0.05, 0) is 31.4 Å². The van der Waals surface area contributed by atoms with Crippen LogP contribution < -0.4 is 0 Å². The number of allylic oxidation sites excluding steroid dienone is 1. The Morgan fingerprint density at radius 1 is 1.12 bits per heavy atom. The quantitative estimate of drug-likeness (QED) is 0.435. The number of nitrogens with zero attached hydrogens (tertiary/aromatic N) is 5. The van der Waals surface area contributed by atoms with Crippen molar-refractivity contribution >= 4 is 51.7 Å². The minimum absolute atomic E-state index is 0.224. The molecule has 25 heavy (non-hydrogen) atoms. The van der Waals surface area contributed by atoms with Crippen LogP contribution in [-0.4, -0.2) is 37.9 Å². The van der Waals surface area contributed by atoms with E-state index in [0.29, 0.717) is 24.1 Å². The van der Waals surface area contributed by atoms with Gasteiger partial charge in [0.25, 0.3) is 0 Å². The predicted molar refractivity (Wildman–Crippen MR) is 97.7 cm³/mol. The van der Waals surface area contributed by atoms with Crippen LogP contribution in [0, 0.1) is 10.1 Å². The van der Waals surface area contributed by atoms with Crippen molar-refractivity contribution in [2.24, 2.45) is 0 Å². The van der Waals surface area contributed by atoms with E-state index in [9.17, 15) is 10.1 Å². The van der Waals surface area contributed by atoms with Gasteiger partial charge in [-0.15, -0.1) is 5.10 Å². The number of halogens is 3. The number of nitro groups is 1. The third-order valence-corrected chi connectivity index (χ3v) is 4.92. The van der Waals surface area contributed by atoms with Crippen molar-refractivity contribution in [1.82, 2.24) is 19.9 Å². The van der Waals surface area contributed by atoms with Gasteiger partial charge in [-0.1, -0.05) is 52.1 Å². The van der Waals surface area contributed by atoms with E-state index < -0.39 is 4.92 Å². The summed E-state index contributed by atoms with van der Waals surface area (Å²) in [5, 5.41) is 19.7. The van der Waals surface area contributed by atoms with E-state index in [0.717, 1.165) is 19.3 Å². The highest BCUT2D eigenvalue weighted by atomic mass is 35.5. The van der Waals surface area contributed by atoms with Crippen LogP contribution in [0.2, 0.25) is 0 Å². The largest absolute Gasteiger partial charge is 0.351 e. The van der Waals surface area contributed by atoms with Gasteiger partial charge in [-0.2, -0.15) is 4.68 Å². The summed E-state index contributed by atoms with van der Waals surface area (Å²) in [6, 6.07) is 7.21. The molecule has 132 valence electrons. The summed E-state index contributed by atoms with van der Waals surface area (Å²) in [6.07, 6.45) is 2.89. The molecule has 0 spiro atoms. The van der Waals surface area contributed by atoms with Crippen molar-refractivity contribution in [2.45, 2.75) is 19.3 Å². The number of aromatic nitrogens is 3. The van der Waals surface area contributed by atoms with E-state index in [1.54, 1.807) is 12.1 Å². The summed E-state index contributed by atoms with van der Waals surface area (Å²) < 4.78 is 1.06. The first-order valence-electron chi connectivity index (χ1n) is 7.66. The van der Waals surface area contributed by atoms with Gasteiger partial charge in [0.1, 0.15) is 10.0 Å². The molecular weight excluding hydrogens is 389 g/mol. The molecule has 0 atom stereocenters. The van der Waals surface area contributed by atoms with Crippen LogP contribution in [-0.2, 0) is 0 Å². The van der Waals surface area contributed by atoms with Crippen LogP contribution in [0.25, 0.3) is 16.9 Å². The summed E-state index contributed by atoms with van der Waals surface area (Å²) in [5.74, 6) is 0.224. The second-order valence-electron chi connectivity index (χ2n) is 5.54. The first-order valence-corrected chi connectivity index (χ1v) is 8.79. The SMILES string of the molecule is O=[N+]([O-])/C(C(Cl)=C(Cl)Cl)=C(/N1CCCCC1)n1nnc2ccccc21. The molecule has 2 heterocycles. The molecule has 0 radical (unpaired) electrons. The van der Waals surface area contributed by atoms with Crippen molar-refractivity contribution in [2.75, 3.05) is 13.1 Å². The molecule has 0 amide bonds. The van der Waals surface area contributed by atoms with Crippen molar-refractivity contribution in [3.05, 3.63) is 49.6 Å². The third kappa shape index (κ3) is 3.58. The van der Waals surface area contributed by atoms with Crippen LogP contribution in [0.5, 0.6) is 0 Å². The molecule has 1 saturated heterocycles. The molecule has 3 rings (SSSR count). The summed E-state index contributed by atoms with van der Waals surface area (Å²) in [5.41, 5.74) is 0.869. The minimum atomic E-state index is -0.590. The molecule has 10 heteroatoms. The molecule has 2 aromatic rings. The zero-order valence-electron chi connectivity index (χ0n) is 13.0. The van der Waals surface area contributed by atoms with Gasteiger partial charge < -0.3 is 4.90 Å². The summed E-state index contributed by atoms with van der Waals surface area (Å²) in [7, 11) is 0. The Morgan fingerprint density at radius 2 is 1.80 bits per heavy atom. The first kappa shape index (κ1) is 18.0. The molecule has 1 aromatic carbocycles. The molecule has 1 aliphatic rings. The van der Waals surface area contributed by atoms with Crippen LogP contribution >= 0.6 is 34.8 Å². The highest BCUT2D eigenvalue weighted by Gasteiger charge is 2.32. The minimum Gasteiger partial charge on any atom is -0.351 e. The molecule has 0 bridgehead atoms. The normalized spacial score (nSPS) is 15.9. The van der Waals surface area contributed by atoms with Crippen molar-refractivity contribution < 1.29 is 4.92 Å². The number of hydrogen-bond donors (Lipinski definition) is 0. The summed E-state index contributed by atoms with van der Waals surface area (Å²) in [4.78, 5) is 13.1. The van der Waals surface area contributed by atoms with Gasteiger partial charge in [-0.25, -0.2) is 0 Å². The number of fused-ring (bicyclic) bond motifs is 1. The maximum atomic E-state index is 11.8. The van der Waals surface area contributed by atoms with Crippen LogP contribution in [0.4, 0.5) is 0 Å². The van der Waals surface area contributed by atoms with Crippen molar-refractivity contribution in [3.63, 3.8) is 0 Å². The van der Waals surface area contributed by atoms with Crippen LogP contribution in [0.15, 0.2) is 39.5 Å². The molecule has 1 aromatic heterocycles. The smallest absolute Gasteiger partial charge is 0.332 e. The standard InChI is InChI=1S/C15H14Cl3N5O2/c16-12(14(17)18)13(23(24)25)15(21-8-4-1-5-9-21)22-11-7-3-2-6-10(11)19-20-22/h2-3,6-7H,1,4-5,8-9H2/b15-13-. The molecule has 0 saturated carbocycles. The predicted octanol–water partition coefficient (Wildman–Crippen LogP) is 4.21. The van der Waals surface area contributed by atoms with Crippen molar-refractivity contribution in [3.8, 4) is 0 Å². The summed E-state index contributed by atoms with van der Waals surface area (Å²) >= 11 is 17.6. The van der Waals surface area contributed by atoms with Gasteiger partial charge in [-0.3, -0.25) is 10.1 Å². The van der Waals surface area contributed by atoms with E-state index in [-0.39, 0.29) is 21.0 Å². The van der Waals surface area contributed by atoms with Gasteiger partial charge in [0.2, 0.25) is 5.82 Å². The highest BCUT2D eigenvalue weighted by Crippen LogP contribution is 2.33. The Morgan fingerprint density at radius 3 is 2.44 bits per heavy atom. The Hall–Kier alpha value is -1.83. The number of hydrogen-bond acceptors (Lipinski definition) is 5. The zero-order chi connectivity index (χ0) is 18.0. The van der Waals surface area contributed by atoms with Crippen LogP contribution in [0.3, 0.4) is 0 Å². The molecule has 0 unspecified atom stereocenters. The maximum Gasteiger partial charge on any atom is 0.332 e. The number of likely N-dealkylation sites (tertiary alicyclic amines) is 1. The molecule has 1 fully saturated rings. The third-order valence-electron chi connectivity index (χ3n) is 3.98. The molecule has 7 nitrogen and oxygen atoms in total. The Kier molecular flexibility index (Phi) is 5.46. The summed E-state index contributed by atoms with van der Waals surface area (Å²) in [6.45, 7) is 1.29. The number of rotatable bonds is 4. The van der Waals surface area contributed by atoms with Gasteiger partial charge in [0.05, 0.1) is 10.4 Å². The lowest BCUT2D eigenvalue weighted by molar-refractivity contribution is -0.419. The topological polar surface area (TPSA) is 77.1 Å². The fourth-order valence-corrected chi connectivity index (χ4v) is 3.20. The average Bonchev–Trinajstić information content (AvgIpc) is 3.03. The maximum absolute atomic E-state index is 11.8. The second kappa shape index (κ2) is 7.59. The number of piperidine rings is 1. The van der Waals surface area contributed by atoms with Gasteiger partial charge in [0.15, 0.2) is 5.03 Å². The Balaban J connectivity index is 2.30. The molecule has 1 aliphatic heterocycles. The molecule has 0 N–H and O–H groups in total. The van der Waals surface area contributed by atoms with E-state index in [1.807, 2.05) is 17.0 Å². The number of para-hydroxylation sites is 1. The average molecular weight is 403 g/mol. The zero-order valence-corrected chi connectivity index (χ0v) is 15.3. The fraction of sp³-hybridized carbons (Fsp3) is 0.333. The van der Waals surface area contributed by atoms with Gasteiger partial charge >= 0.3 is 5.70 Å². The lowest BCUT2D eigenvalue weighted by Crippen LogP contribution is -2.33. The van der Waals surface area contributed by atoms with Crippen molar-refractivity contribution in [1.29, 1.82) is 0 Å². The van der Waals surface area contributed by atoms with Gasteiger partial charge in [0, 0.05) is 13.1 Å². The monoisotopic (exact) mass is 401 g/mol. The van der Waals surface area contributed by atoms with E-state index >= 15 is 0 Å². The fourth-order valence-electron chi connectivity index (χ4n) is 2.86. The first-order chi connectivity index (χ1) is 12.0. The Labute approximate surface area is 158 Å². The highest BCUT2D eigenvalue weighted by molar-refractivity contribution is 6.59. The Bertz CT molecular complexity index is 867. The van der Waals surface area contributed by atoms with Crippen LogP contribution in [0.1, 0.15) is 19.3 Å². The van der Waals surface area contributed by atoms with E-state index in [4.69, 9.17) is 34.8 Å². The van der Waals surface area contributed by atoms with E-state index in [2.05, 4.69) is 10.3 Å². The molecular formula is C15H14Cl3N5O2. The lowest BCUT2D eigenvalue weighted by Gasteiger charge is -2.30. The van der Waals surface area contributed by atoms with E-state index in [1.165, 1.54) is 4.68 Å². The second-order valence-corrected chi connectivity index (χ2v) is 6.87.